The highest BCUT2D eigenvalue weighted by Gasteiger charge is 2.17. The number of anilines is 1. The van der Waals surface area contributed by atoms with Crippen LogP contribution in [0.25, 0.3) is 11.5 Å². The van der Waals surface area contributed by atoms with E-state index in [9.17, 15) is 8.78 Å². The predicted octanol–water partition coefficient (Wildman–Crippen LogP) is 1.52. The Hall–Kier alpha value is -2.16. The zero-order valence-corrected chi connectivity index (χ0v) is 10.0. The van der Waals surface area contributed by atoms with E-state index in [4.69, 9.17) is 9.15 Å². The molecule has 0 aromatic carbocycles. The first kappa shape index (κ1) is 13.3. The standard InChI is InChI=1S/C10H11F2N5O2/c1-18-3-2-13-10-14-4-6(5-15-10)8-16-17-9(19-8)7(11)12/h4-5,7H,2-3H2,1H3,(H,13,14,15). The second kappa shape index (κ2) is 6.14. The molecular formula is C10H11F2N5O2. The second-order valence-corrected chi connectivity index (χ2v) is 3.46. The third-order valence-corrected chi connectivity index (χ3v) is 2.12. The molecule has 2 heterocycles. The van der Waals surface area contributed by atoms with Crippen LogP contribution in [0.15, 0.2) is 16.8 Å². The molecule has 0 fully saturated rings. The summed E-state index contributed by atoms with van der Waals surface area (Å²) in [6.45, 7) is 1.08. The van der Waals surface area contributed by atoms with E-state index >= 15 is 0 Å². The fourth-order valence-corrected chi connectivity index (χ4v) is 1.23. The summed E-state index contributed by atoms with van der Waals surface area (Å²) in [5.74, 6) is -0.370. The highest BCUT2D eigenvalue weighted by atomic mass is 19.3. The van der Waals surface area contributed by atoms with Crippen LogP contribution >= 0.6 is 0 Å². The highest BCUT2D eigenvalue weighted by Crippen LogP contribution is 2.22. The van der Waals surface area contributed by atoms with E-state index in [1.165, 1.54) is 12.4 Å². The molecule has 0 unspecified atom stereocenters. The lowest BCUT2D eigenvalue weighted by molar-refractivity contribution is 0.116. The van der Waals surface area contributed by atoms with Crippen LogP contribution in [0.1, 0.15) is 12.3 Å². The van der Waals surface area contributed by atoms with Gasteiger partial charge in [0.1, 0.15) is 0 Å². The Balaban J connectivity index is 2.04. The summed E-state index contributed by atoms with van der Waals surface area (Å²) < 4.78 is 34.2. The van der Waals surface area contributed by atoms with Crippen LogP contribution in [0.2, 0.25) is 0 Å². The minimum absolute atomic E-state index is 0.0428. The number of aromatic nitrogens is 4. The molecule has 102 valence electrons. The van der Waals surface area contributed by atoms with Gasteiger partial charge in [0, 0.05) is 26.0 Å². The quantitative estimate of drug-likeness (QED) is 0.797. The average Bonchev–Trinajstić information content (AvgIpc) is 2.90. The van der Waals surface area contributed by atoms with Gasteiger partial charge in [-0.25, -0.2) is 9.97 Å². The van der Waals surface area contributed by atoms with Crippen LogP contribution in [-0.4, -0.2) is 40.4 Å². The molecule has 7 nitrogen and oxygen atoms in total. The Morgan fingerprint density at radius 1 is 1.32 bits per heavy atom. The number of halogens is 2. The summed E-state index contributed by atoms with van der Waals surface area (Å²) >= 11 is 0. The lowest BCUT2D eigenvalue weighted by Gasteiger charge is -2.03. The van der Waals surface area contributed by atoms with Gasteiger partial charge >= 0.3 is 6.43 Å². The molecule has 2 rings (SSSR count). The number of alkyl halides is 2. The Morgan fingerprint density at radius 3 is 2.63 bits per heavy atom. The van der Waals surface area contributed by atoms with E-state index in [0.717, 1.165) is 0 Å². The van der Waals surface area contributed by atoms with E-state index < -0.39 is 12.3 Å². The number of ether oxygens (including phenoxy) is 1. The summed E-state index contributed by atoms with van der Waals surface area (Å²) in [5, 5.41) is 9.63. The zero-order chi connectivity index (χ0) is 13.7. The molecule has 1 N–H and O–H groups in total. The van der Waals surface area contributed by atoms with E-state index in [-0.39, 0.29) is 5.89 Å². The van der Waals surface area contributed by atoms with Crippen molar-refractivity contribution in [2.45, 2.75) is 6.43 Å². The fourth-order valence-electron chi connectivity index (χ4n) is 1.23. The van der Waals surface area contributed by atoms with E-state index in [0.29, 0.717) is 24.7 Å². The Morgan fingerprint density at radius 2 is 2.05 bits per heavy atom. The molecule has 0 bridgehead atoms. The highest BCUT2D eigenvalue weighted by molar-refractivity contribution is 5.50. The molecule has 2 aromatic rings. The molecule has 2 aromatic heterocycles. The molecule has 0 radical (unpaired) electrons. The van der Waals surface area contributed by atoms with E-state index in [1.807, 2.05) is 0 Å². The number of hydrogen-bond donors (Lipinski definition) is 1. The fraction of sp³-hybridized carbons (Fsp3) is 0.400. The monoisotopic (exact) mass is 271 g/mol. The topological polar surface area (TPSA) is 86.0 Å². The Labute approximate surface area is 107 Å². The lowest BCUT2D eigenvalue weighted by Crippen LogP contribution is -2.09. The molecule has 19 heavy (non-hydrogen) atoms. The predicted molar refractivity (Wildman–Crippen MR) is 60.6 cm³/mol. The Bertz CT molecular complexity index is 517. The van der Waals surface area contributed by atoms with Gasteiger partial charge in [-0.05, 0) is 0 Å². The van der Waals surface area contributed by atoms with Gasteiger partial charge in [0.2, 0.25) is 5.95 Å². The van der Waals surface area contributed by atoms with Crippen LogP contribution in [0, 0.1) is 0 Å². The van der Waals surface area contributed by atoms with Crippen molar-refractivity contribution < 1.29 is 17.9 Å². The molecule has 0 saturated carbocycles. The van der Waals surface area contributed by atoms with Crippen molar-refractivity contribution in [3.05, 3.63) is 18.3 Å². The molecule has 0 saturated heterocycles. The summed E-state index contributed by atoms with van der Waals surface area (Å²) in [6.07, 6.45) is 0.0210. The smallest absolute Gasteiger partial charge is 0.314 e. The van der Waals surface area contributed by atoms with Crippen LogP contribution in [-0.2, 0) is 4.74 Å². The zero-order valence-electron chi connectivity index (χ0n) is 10.0. The van der Waals surface area contributed by atoms with Crippen molar-refractivity contribution in [1.82, 2.24) is 20.2 Å². The molecule has 0 spiro atoms. The van der Waals surface area contributed by atoms with Crippen LogP contribution in [0.5, 0.6) is 0 Å². The molecule has 0 aliphatic heterocycles. The largest absolute Gasteiger partial charge is 0.415 e. The van der Waals surface area contributed by atoms with Crippen molar-refractivity contribution in [1.29, 1.82) is 0 Å². The normalized spacial score (nSPS) is 10.9. The molecule has 0 aliphatic rings. The maximum absolute atomic E-state index is 12.3. The molecular weight excluding hydrogens is 260 g/mol. The maximum Gasteiger partial charge on any atom is 0.314 e. The van der Waals surface area contributed by atoms with Crippen molar-refractivity contribution in [2.75, 3.05) is 25.6 Å². The molecule has 9 heteroatoms. The van der Waals surface area contributed by atoms with Gasteiger partial charge in [-0.1, -0.05) is 0 Å². The molecule has 0 aliphatic carbocycles. The molecule has 0 amide bonds. The average molecular weight is 271 g/mol. The summed E-state index contributed by atoms with van der Waals surface area (Å²) in [5.41, 5.74) is 0.372. The first-order chi connectivity index (χ1) is 9.20. The minimum Gasteiger partial charge on any atom is -0.415 e. The minimum atomic E-state index is -2.79. The summed E-state index contributed by atoms with van der Waals surface area (Å²) in [4.78, 5) is 7.98. The van der Waals surface area contributed by atoms with E-state index in [1.54, 1.807) is 7.11 Å². The van der Waals surface area contributed by atoms with Crippen molar-refractivity contribution in [2.24, 2.45) is 0 Å². The third kappa shape index (κ3) is 3.41. The van der Waals surface area contributed by atoms with Crippen molar-refractivity contribution >= 4 is 5.95 Å². The van der Waals surface area contributed by atoms with Crippen LogP contribution < -0.4 is 5.32 Å². The van der Waals surface area contributed by atoms with Crippen molar-refractivity contribution in [3.8, 4) is 11.5 Å². The number of methoxy groups -OCH3 is 1. The number of hydrogen-bond acceptors (Lipinski definition) is 7. The number of nitrogens with zero attached hydrogens (tertiary/aromatic N) is 4. The van der Waals surface area contributed by atoms with E-state index in [2.05, 4.69) is 25.5 Å². The van der Waals surface area contributed by atoms with Gasteiger partial charge in [-0.3, -0.25) is 0 Å². The maximum atomic E-state index is 12.3. The first-order valence-corrected chi connectivity index (χ1v) is 5.37. The van der Waals surface area contributed by atoms with Gasteiger partial charge in [0.05, 0.1) is 12.2 Å². The van der Waals surface area contributed by atoms with Gasteiger partial charge in [0.15, 0.2) is 0 Å². The number of rotatable bonds is 6. The van der Waals surface area contributed by atoms with Crippen LogP contribution in [0.3, 0.4) is 0 Å². The van der Waals surface area contributed by atoms with Crippen LogP contribution in [0.4, 0.5) is 14.7 Å². The first-order valence-electron chi connectivity index (χ1n) is 5.37. The molecule has 0 atom stereocenters. The Kier molecular flexibility index (Phi) is 4.29. The van der Waals surface area contributed by atoms with Gasteiger partial charge < -0.3 is 14.5 Å². The number of nitrogens with one attached hydrogen (secondary N) is 1. The lowest BCUT2D eigenvalue weighted by atomic mass is 10.3. The van der Waals surface area contributed by atoms with Gasteiger partial charge in [-0.15, -0.1) is 10.2 Å². The SMILES string of the molecule is COCCNc1ncc(-c2nnc(C(F)F)o2)cn1. The summed E-state index contributed by atoms with van der Waals surface area (Å²) in [7, 11) is 1.59. The third-order valence-electron chi connectivity index (χ3n) is 2.12. The summed E-state index contributed by atoms with van der Waals surface area (Å²) in [6, 6.07) is 0. The van der Waals surface area contributed by atoms with Crippen molar-refractivity contribution in [3.63, 3.8) is 0 Å². The van der Waals surface area contributed by atoms with Gasteiger partial charge in [0.25, 0.3) is 11.8 Å². The van der Waals surface area contributed by atoms with Gasteiger partial charge in [-0.2, -0.15) is 8.78 Å². The second-order valence-electron chi connectivity index (χ2n) is 3.46.